The molecule has 0 saturated carbocycles. The van der Waals surface area contributed by atoms with Crippen LogP contribution in [0.3, 0.4) is 0 Å². The number of amides is 1. The summed E-state index contributed by atoms with van der Waals surface area (Å²) >= 11 is 0. The Balaban J connectivity index is 1.93. The first kappa shape index (κ1) is 11.9. The van der Waals surface area contributed by atoms with Gasteiger partial charge in [-0.1, -0.05) is 20.3 Å². The Kier molecular flexibility index (Phi) is 3.85. The van der Waals surface area contributed by atoms with Crippen LogP contribution in [0.5, 0.6) is 0 Å². The molecule has 1 amide bonds. The molecule has 1 N–H and O–H groups in total. The minimum atomic E-state index is 0.273. The highest BCUT2D eigenvalue weighted by Gasteiger charge is 2.37. The lowest BCUT2D eigenvalue weighted by molar-refractivity contribution is -0.138. The van der Waals surface area contributed by atoms with Crippen LogP contribution in [-0.4, -0.2) is 36.5 Å². The van der Waals surface area contributed by atoms with Gasteiger partial charge in [-0.15, -0.1) is 0 Å². The number of likely N-dealkylation sites (tertiary alicyclic amines) is 1. The van der Waals surface area contributed by atoms with Gasteiger partial charge < -0.3 is 10.2 Å². The first-order chi connectivity index (χ1) is 7.74. The predicted octanol–water partition coefficient (Wildman–Crippen LogP) is 1.63. The van der Waals surface area contributed by atoms with E-state index < -0.39 is 0 Å². The summed E-state index contributed by atoms with van der Waals surface area (Å²) in [7, 11) is 0. The van der Waals surface area contributed by atoms with Crippen molar-refractivity contribution >= 4 is 5.91 Å². The molecule has 0 aliphatic carbocycles. The van der Waals surface area contributed by atoms with Crippen LogP contribution in [0, 0.1) is 11.8 Å². The second-order valence-corrected chi connectivity index (χ2v) is 5.36. The molecule has 2 unspecified atom stereocenters. The summed E-state index contributed by atoms with van der Waals surface area (Å²) < 4.78 is 0. The van der Waals surface area contributed by atoms with Crippen molar-refractivity contribution in [3.05, 3.63) is 0 Å². The van der Waals surface area contributed by atoms with Gasteiger partial charge in [0.2, 0.25) is 5.91 Å². The van der Waals surface area contributed by atoms with E-state index in [9.17, 15) is 4.79 Å². The summed E-state index contributed by atoms with van der Waals surface area (Å²) in [6, 6.07) is 0.521. The molecular weight excluding hydrogens is 200 g/mol. The van der Waals surface area contributed by atoms with Gasteiger partial charge in [0.15, 0.2) is 0 Å². The zero-order valence-corrected chi connectivity index (χ0v) is 10.5. The molecule has 92 valence electrons. The molecule has 0 aromatic heterocycles. The molecule has 0 aromatic carbocycles. The van der Waals surface area contributed by atoms with Crippen molar-refractivity contribution in [3.8, 4) is 0 Å². The van der Waals surface area contributed by atoms with Crippen molar-refractivity contribution in [2.24, 2.45) is 11.8 Å². The van der Waals surface area contributed by atoms with Gasteiger partial charge in [0.25, 0.3) is 0 Å². The first-order valence-corrected chi connectivity index (χ1v) is 6.75. The van der Waals surface area contributed by atoms with Crippen LogP contribution >= 0.6 is 0 Å². The van der Waals surface area contributed by atoms with Gasteiger partial charge in [0.1, 0.15) is 0 Å². The number of hydrogen-bond donors (Lipinski definition) is 1. The number of hydrogen-bond acceptors (Lipinski definition) is 2. The summed E-state index contributed by atoms with van der Waals surface area (Å²) in [6.07, 6.45) is 4.89. The Hall–Kier alpha value is -0.570. The van der Waals surface area contributed by atoms with Crippen LogP contribution < -0.4 is 5.32 Å². The van der Waals surface area contributed by atoms with Crippen molar-refractivity contribution in [3.63, 3.8) is 0 Å². The summed E-state index contributed by atoms with van der Waals surface area (Å²) in [6.45, 7) is 7.31. The minimum Gasteiger partial charge on any atom is -0.339 e. The van der Waals surface area contributed by atoms with Gasteiger partial charge in [-0.05, 0) is 25.2 Å². The number of carbonyl (C=O) groups excluding carboxylic acids is 1. The van der Waals surface area contributed by atoms with E-state index in [1.165, 1.54) is 25.7 Å². The third kappa shape index (κ3) is 2.24. The highest BCUT2D eigenvalue weighted by molar-refractivity contribution is 5.80. The number of rotatable bonds is 4. The Bertz CT molecular complexity index is 250. The summed E-state index contributed by atoms with van der Waals surface area (Å²) in [5.74, 6) is 1.35. The van der Waals surface area contributed by atoms with E-state index in [0.717, 1.165) is 19.6 Å². The van der Waals surface area contributed by atoms with Gasteiger partial charge in [-0.25, -0.2) is 0 Å². The van der Waals surface area contributed by atoms with E-state index in [0.29, 0.717) is 17.9 Å². The molecule has 3 heteroatoms. The number of nitrogens with one attached hydrogen (secondary N) is 1. The lowest BCUT2D eigenvalue weighted by Crippen LogP contribution is -2.53. The zero-order valence-electron chi connectivity index (χ0n) is 10.5. The Labute approximate surface area is 98.6 Å². The second-order valence-electron chi connectivity index (χ2n) is 5.36. The van der Waals surface area contributed by atoms with E-state index in [1.54, 1.807) is 0 Å². The second kappa shape index (κ2) is 5.17. The van der Waals surface area contributed by atoms with Gasteiger partial charge in [-0.2, -0.15) is 0 Å². The van der Waals surface area contributed by atoms with E-state index >= 15 is 0 Å². The average Bonchev–Trinajstić information content (AvgIpc) is 2.63. The van der Waals surface area contributed by atoms with Crippen LogP contribution in [0.25, 0.3) is 0 Å². The molecule has 0 spiro atoms. The highest BCUT2D eigenvalue weighted by Crippen LogP contribution is 2.28. The summed E-state index contributed by atoms with van der Waals surface area (Å²) in [5, 5.41) is 3.19. The number of nitrogens with zero attached hydrogens (tertiary/aromatic N) is 1. The lowest BCUT2D eigenvalue weighted by Gasteiger charge is -2.35. The Morgan fingerprint density at radius 1 is 1.50 bits per heavy atom. The zero-order chi connectivity index (χ0) is 11.5. The molecule has 2 aliphatic rings. The molecule has 2 heterocycles. The molecule has 16 heavy (non-hydrogen) atoms. The quantitative estimate of drug-likeness (QED) is 0.787. The molecule has 2 fully saturated rings. The first-order valence-electron chi connectivity index (χ1n) is 6.75. The van der Waals surface area contributed by atoms with Crippen molar-refractivity contribution in [1.82, 2.24) is 10.2 Å². The van der Waals surface area contributed by atoms with Gasteiger partial charge in [0, 0.05) is 25.7 Å². The highest BCUT2D eigenvalue weighted by atomic mass is 16.2. The van der Waals surface area contributed by atoms with Gasteiger partial charge in [-0.3, -0.25) is 4.79 Å². The van der Waals surface area contributed by atoms with Crippen molar-refractivity contribution in [2.45, 2.75) is 45.6 Å². The molecule has 2 rings (SSSR count). The fourth-order valence-electron chi connectivity index (χ4n) is 3.00. The van der Waals surface area contributed by atoms with E-state index in [1.807, 2.05) is 0 Å². The van der Waals surface area contributed by atoms with Crippen LogP contribution in [0.1, 0.15) is 39.5 Å². The van der Waals surface area contributed by atoms with E-state index in [2.05, 4.69) is 24.1 Å². The summed E-state index contributed by atoms with van der Waals surface area (Å²) in [4.78, 5) is 14.4. The smallest absolute Gasteiger partial charge is 0.228 e. The van der Waals surface area contributed by atoms with Crippen LogP contribution in [0.2, 0.25) is 0 Å². The van der Waals surface area contributed by atoms with Crippen LogP contribution in [-0.2, 0) is 4.79 Å². The van der Waals surface area contributed by atoms with E-state index in [4.69, 9.17) is 0 Å². The van der Waals surface area contributed by atoms with Crippen LogP contribution in [0.15, 0.2) is 0 Å². The fourth-order valence-corrected chi connectivity index (χ4v) is 3.00. The monoisotopic (exact) mass is 224 g/mol. The molecule has 0 aromatic rings. The van der Waals surface area contributed by atoms with Gasteiger partial charge in [0.05, 0.1) is 5.92 Å². The standard InChI is InChI=1S/C13H24N2O/c1-3-5-10(2)12-6-4-7-15(12)13(16)11-8-14-9-11/h10-12,14H,3-9H2,1-2H3. The van der Waals surface area contributed by atoms with Crippen LogP contribution in [0.4, 0.5) is 0 Å². The molecule has 0 radical (unpaired) electrons. The van der Waals surface area contributed by atoms with Crippen molar-refractivity contribution in [1.29, 1.82) is 0 Å². The lowest BCUT2D eigenvalue weighted by atomic mass is 9.93. The number of carbonyl (C=O) groups is 1. The van der Waals surface area contributed by atoms with Crippen molar-refractivity contribution in [2.75, 3.05) is 19.6 Å². The normalized spacial score (nSPS) is 27.9. The Morgan fingerprint density at radius 2 is 2.25 bits per heavy atom. The minimum absolute atomic E-state index is 0.273. The fraction of sp³-hybridized carbons (Fsp3) is 0.923. The SMILES string of the molecule is CCCC(C)C1CCCN1C(=O)C1CNC1. The maximum absolute atomic E-state index is 12.2. The molecular formula is C13H24N2O. The summed E-state index contributed by atoms with van der Waals surface area (Å²) in [5.41, 5.74) is 0. The largest absolute Gasteiger partial charge is 0.339 e. The Morgan fingerprint density at radius 3 is 2.81 bits per heavy atom. The maximum Gasteiger partial charge on any atom is 0.228 e. The molecule has 2 saturated heterocycles. The molecule has 2 aliphatic heterocycles. The molecule has 2 atom stereocenters. The van der Waals surface area contributed by atoms with E-state index in [-0.39, 0.29) is 5.92 Å². The third-order valence-corrected chi connectivity index (χ3v) is 4.11. The van der Waals surface area contributed by atoms with Gasteiger partial charge >= 0.3 is 0 Å². The molecule has 0 bridgehead atoms. The molecule has 3 nitrogen and oxygen atoms in total. The third-order valence-electron chi connectivity index (χ3n) is 4.11. The predicted molar refractivity (Wildman–Crippen MR) is 65.2 cm³/mol. The average molecular weight is 224 g/mol. The maximum atomic E-state index is 12.2. The van der Waals surface area contributed by atoms with Crippen molar-refractivity contribution < 1.29 is 4.79 Å². The topological polar surface area (TPSA) is 32.3 Å².